The van der Waals surface area contributed by atoms with Crippen molar-refractivity contribution in [1.29, 1.82) is 0 Å². The van der Waals surface area contributed by atoms with Crippen LogP contribution >= 0.6 is 0 Å². The van der Waals surface area contributed by atoms with Crippen LogP contribution in [0.25, 0.3) is 0 Å². The minimum Gasteiger partial charge on any atom is -0.478 e. The molecule has 6 heteroatoms. The number of ether oxygens (including phenoxy) is 1. The van der Waals surface area contributed by atoms with Crippen molar-refractivity contribution in [2.75, 3.05) is 11.4 Å². The van der Waals surface area contributed by atoms with Gasteiger partial charge in [0, 0.05) is 12.7 Å². The van der Waals surface area contributed by atoms with Gasteiger partial charge < -0.3 is 9.84 Å². The fourth-order valence-corrected chi connectivity index (χ4v) is 2.29. The van der Waals surface area contributed by atoms with Crippen LogP contribution in [0.1, 0.15) is 28.8 Å². The number of nitrogens with zero attached hydrogens (tertiary/aromatic N) is 2. The Morgan fingerprint density at radius 3 is 2.50 bits per heavy atom. The van der Waals surface area contributed by atoms with Gasteiger partial charge in [0.05, 0.1) is 5.56 Å². The Kier molecular flexibility index (Phi) is 4.74. The molecule has 1 aromatic heterocycles. The zero-order valence-electron chi connectivity index (χ0n) is 13.1. The van der Waals surface area contributed by atoms with Gasteiger partial charge in [0.25, 0.3) is 0 Å². The lowest BCUT2D eigenvalue weighted by molar-refractivity contribution is 0.0696. The highest BCUT2D eigenvalue weighted by Gasteiger charge is 2.29. The summed E-state index contributed by atoms with van der Waals surface area (Å²) in [5.74, 6) is -0.186. The largest absolute Gasteiger partial charge is 0.478 e. The van der Waals surface area contributed by atoms with Crippen molar-refractivity contribution in [2.45, 2.75) is 19.4 Å². The molecule has 1 aliphatic carbocycles. The van der Waals surface area contributed by atoms with E-state index >= 15 is 0 Å². The first-order valence-corrected chi connectivity index (χ1v) is 7.81. The number of carboxylic acid groups (broad SMARTS) is 1. The molecule has 3 rings (SSSR count). The van der Waals surface area contributed by atoms with Crippen molar-refractivity contribution >= 4 is 17.9 Å². The van der Waals surface area contributed by atoms with E-state index in [2.05, 4.69) is 4.98 Å². The summed E-state index contributed by atoms with van der Waals surface area (Å²) in [7, 11) is 0. The molecular formula is C18H18N2O4. The summed E-state index contributed by atoms with van der Waals surface area (Å²) >= 11 is 0. The van der Waals surface area contributed by atoms with Crippen LogP contribution in [0, 0.1) is 5.92 Å². The van der Waals surface area contributed by atoms with E-state index in [0.717, 1.165) is 18.4 Å². The zero-order valence-corrected chi connectivity index (χ0v) is 13.1. The van der Waals surface area contributed by atoms with Crippen molar-refractivity contribution in [1.82, 2.24) is 4.98 Å². The molecule has 124 valence electrons. The number of hydrogen-bond acceptors (Lipinski definition) is 4. The van der Waals surface area contributed by atoms with Gasteiger partial charge in [-0.2, -0.15) is 0 Å². The molecule has 0 saturated heterocycles. The van der Waals surface area contributed by atoms with Crippen LogP contribution in [0.15, 0.2) is 48.7 Å². The highest BCUT2D eigenvalue weighted by Crippen LogP contribution is 2.31. The smallest absolute Gasteiger partial charge is 0.415 e. The molecular weight excluding hydrogens is 308 g/mol. The second kappa shape index (κ2) is 7.12. The maximum Gasteiger partial charge on any atom is 0.415 e. The molecule has 1 aromatic carbocycles. The Balaban J connectivity index is 1.70. The maximum atomic E-state index is 12.4. The van der Waals surface area contributed by atoms with Gasteiger partial charge in [-0.1, -0.05) is 30.3 Å². The van der Waals surface area contributed by atoms with Gasteiger partial charge in [-0.05, 0) is 36.5 Å². The number of benzene rings is 1. The first-order chi connectivity index (χ1) is 11.6. The molecule has 24 heavy (non-hydrogen) atoms. The maximum absolute atomic E-state index is 12.4. The van der Waals surface area contributed by atoms with Crippen molar-refractivity contribution in [3.63, 3.8) is 0 Å². The average molecular weight is 326 g/mol. The average Bonchev–Trinajstić information content (AvgIpc) is 3.43. The van der Waals surface area contributed by atoms with Crippen molar-refractivity contribution in [3.05, 3.63) is 59.8 Å². The van der Waals surface area contributed by atoms with Gasteiger partial charge in [-0.3, -0.25) is 4.90 Å². The van der Waals surface area contributed by atoms with Crippen LogP contribution in [-0.4, -0.2) is 28.7 Å². The number of aromatic nitrogens is 1. The van der Waals surface area contributed by atoms with Gasteiger partial charge in [-0.15, -0.1) is 0 Å². The van der Waals surface area contributed by atoms with Gasteiger partial charge in [0.1, 0.15) is 12.4 Å². The van der Waals surface area contributed by atoms with Crippen LogP contribution in [0.3, 0.4) is 0 Å². The monoisotopic (exact) mass is 326 g/mol. The summed E-state index contributed by atoms with van der Waals surface area (Å²) in [6.07, 6.45) is 2.94. The van der Waals surface area contributed by atoms with Crippen LogP contribution in [0.5, 0.6) is 0 Å². The lowest BCUT2D eigenvalue weighted by atomic mass is 10.2. The third-order valence-electron chi connectivity index (χ3n) is 3.83. The molecule has 0 spiro atoms. The predicted octanol–water partition coefficient (Wildman–Crippen LogP) is 3.33. The first kappa shape index (κ1) is 16.0. The SMILES string of the molecule is O=C(O)c1ccc(N(CC2CC2)C(=O)OCc2ccccc2)nc1. The number of carbonyl (C=O) groups excluding carboxylic acids is 1. The van der Waals surface area contributed by atoms with E-state index in [-0.39, 0.29) is 12.2 Å². The Labute approximate surface area is 139 Å². The summed E-state index contributed by atoms with van der Waals surface area (Å²) in [6, 6.07) is 12.4. The summed E-state index contributed by atoms with van der Waals surface area (Å²) < 4.78 is 5.38. The van der Waals surface area contributed by atoms with E-state index in [1.54, 1.807) is 0 Å². The second-order valence-electron chi connectivity index (χ2n) is 5.80. The van der Waals surface area contributed by atoms with Crippen molar-refractivity contribution in [3.8, 4) is 0 Å². The summed E-state index contributed by atoms with van der Waals surface area (Å²) in [4.78, 5) is 28.9. The van der Waals surface area contributed by atoms with Gasteiger partial charge in [0.15, 0.2) is 0 Å². The van der Waals surface area contributed by atoms with Crippen LogP contribution in [0.2, 0.25) is 0 Å². The minimum atomic E-state index is -1.05. The number of anilines is 1. The molecule has 1 saturated carbocycles. The van der Waals surface area contributed by atoms with Crippen LogP contribution in [0.4, 0.5) is 10.6 Å². The predicted molar refractivity (Wildman–Crippen MR) is 87.9 cm³/mol. The van der Waals surface area contributed by atoms with Crippen molar-refractivity contribution in [2.24, 2.45) is 5.92 Å². The standard InChI is InChI=1S/C18H18N2O4/c21-17(22)15-8-9-16(19-10-15)20(11-13-6-7-13)18(23)24-12-14-4-2-1-3-5-14/h1-5,8-10,13H,6-7,11-12H2,(H,21,22). The van der Waals surface area contributed by atoms with Crippen LogP contribution in [-0.2, 0) is 11.3 Å². The fraction of sp³-hybridized carbons (Fsp3) is 0.278. The van der Waals surface area contributed by atoms with Crippen molar-refractivity contribution < 1.29 is 19.4 Å². The zero-order chi connectivity index (χ0) is 16.9. The Morgan fingerprint density at radius 1 is 1.17 bits per heavy atom. The molecule has 0 atom stereocenters. The highest BCUT2D eigenvalue weighted by molar-refractivity contribution is 5.89. The van der Waals surface area contributed by atoms with E-state index in [0.29, 0.717) is 18.3 Å². The van der Waals surface area contributed by atoms with E-state index in [1.807, 2.05) is 30.3 Å². The topological polar surface area (TPSA) is 79.7 Å². The number of pyridine rings is 1. The first-order valence-electron chi connectivity index (χ1n) is 7.81. The number of carboxylic acids is 1. The molecule has 0 aliphatic heterocycles. The Morgan fingerprint density at radius 2 is 1.92 bits per heavy atom. The lowest BCUT2D eigenvalue weighted by Gasteiger charge is -2.21. The van der Waals surface area contributed by atoms with Gasteiger partial charge in [0.2, 0.25) is 0 Å². The Hall–Kier alpha value is -2.89. The van der Waals surface area contributed by atoms with E-state index in [1.165, 1.54) is 23.2 Å². The molecule has 1 N–H and O–H groups in total. The number of aromatic carboxylic acids is 1. The van der Waals surface area contributed by atoms with E-state index in [9.17, 15) is 9.59 Å². The highest BCUT2D eigenvalue weighted by atomic mass is 16.6. The second-order valence-corrected chi connectivity index (χ2v) is 5.80. The third kappa shape index (κ3) is 4.10. The van der Waals surface area contributed by atoms with E-state index < -0.39 is 12.1 Å². The number of hydrogen-bond donors (Lipinski definition) is 1. The molecule has 2 aromatic rings. The third-order valence-corrected chi connectivity index (χ3v) is 3.83. The summed E-state index contributed by atoms with van der Waals surface area (Å²) in [6.45, 7) is 0.723. The van der Waals surface area contributed by atoms with Gasteiger partial charge in [-0.25, -0.2) is 14.6 Å². The normalized spacial score (nSPS) is 13.3. The molecule has 6 nitrogen and oxygen atoms in total. The summed E-state index contributed by atoms with van der Waals surface area (Å²) in [5, 5.41) is 8.94. The molecule has 0 radical (unpaired) electrons. The molecule has 1 heterocycles. The fourth-order valence-electron chi connectivity index (χ4n) is 2.29. The summed E-state index contributed by atoms with van der Waals surface area (Å²) in [5.41, 5.74) is 0.995. The van der Waals surface area contributed by atoms with Gasteiger partial charge >= 0.3 is 12.1 Å². The lowest BCUT2D eigenvalue weighted by Crippen LogP contribution is -2.34. The molecule has 0 unspecified atom stereocenters. The molecule has 1 amide bonds. The number of amides is 1. The molecule has 1 aliphatic rings. The molecule has 0 bridgehead atoms. The quantitative estimate of drug-likeness (QED) is 0.880. The van der Waals surface area contributed by atoms with Crippen LogP contribution < -0.4 is 4.90 Å². The van der Waals surface area contributed by atoms with E-state index in [4.69, 9.17) is 9.84 Å². The number of carbonyl (C=O) groups is 2. The minimum absolute atomic E-state index is 0.0859. The molecule has 1 fully saturated rings. The Bertz CT molecular complexity index is 712. The number of rotatable bonds is 6.